The van der Waals surface area contributed by atoms with Crippen molar-refractivity contribution in [3.05, 3.63) is 90.8 Å². The molecule has 19 heteroatoms. The van der Waals surface area contributed by atoms with E-state index in [0.29, 0.717) is 11.4 Å². The van der Waals surface area contributed by atoms with E-state index in [0.717, 1.165) is 0 Å². The van der Waals surface area contributed by atoms with Crippen LogP contribution in [-0.4, -0.2) is 99.3 Å². The number of methoxy groups -OCH3 is 2. The minimum Gasteiger partial charge on any atom is -0.468 e. The molecule has 232 valence electrons. The van der Waals surface area contributed by atoms with Crippen molar-refractivity contribution in [2.24, 2.45) is 10.8 Å². The summed E-state index contributed by atoms with van der Waals surface area (Å²) in [5, 5.41) is 53.5. The van der Waals surface area contributed by atoms with E-state index in [-0.39, 0.29) is 29.6 Å². The largest absolute Gasteiger partial charge is 2.00 e. The number of carbonyl (C=O) groups is 2. The van der Waals surface area contributed by atoms with Crippen LogP contribution in [0.3, 0.4) is 0 Å². The van der Waals surface area contributed by atoms with Crippen LogP contribution in [0.5, 0.6) is 0 Å². The van der Waals surface area contributed by atoms with Gasteiger partial charge in [0.15, 0.2) is 10.8 Å². The first-order valence-electron chi connectivity index (χ1n) is 11.6. The van der Waals surface area contributed by atoms with Gasteiger partial charge in [-0.2, -0.15) is 0 Å². The van der Waals surface area contributed by atoms with Crippen LogP contribution < -0.4 is 0 Å². The summed E-state index contributed by atoms with van der Waals surface area (Å²) in [6, 6.07) is 8.44. The van der Waals surface area contributed by atoms with Crippen molar-refractivity contribution in [1.29, 1.82) is 0 Å². The Kier molecular flexibility index (Phi) is 12.2. The molecular formula is C23H28N6NiO12. The molecule has 0 spiro atoms. The molecule has 2 aromatic heterocycles. The van der Waals surface area contributed by atoms with Gasteiger partial charge in [-0.3, -0.25) is 24.5 Å². The van der Waals surface area contributed by atoms with Gasteiger partial charge in [-0.05, 0) is 38.4 Å². The van der Waals surface area contributed by atoms with Gasteiger partial charge < -0.3 is 55.2 Å². The molecular weight excluding hydrogens is 611 g/mol. The third-order valence-electron chi connectivity index (χ3n) is 7.07. The third kappa shape index (κ3) is 6.24. The maximum Gasteiger partial charge on any atom is 2.00 e. The van der Waals surface area contributed by atoms with Gasteiger partial charge in [0, 0.05) is 25.5 Å². The Labute approximate surface area is 248 Å². The standard InChI is InChI=1S/C23H28N4O6.2NO3.Ni/c1-26-13-21(19(28)32-3)17(15-9-5-7-11-24-15)27(2)18(16-10-6-8-12-25-16)22(14-26,20(29)33-4)23(21,30)31;2*2-1(3)4;/h5-12,17-18,30-31H,13-14H2,1-4H3;;;/q;2*-1;+2/t17-,18+,21+,22-;;;. The maximum absolute atomic E-state index is 13.5. The number of likely N-dealkylation sites (tertiary alicyclic amines) is 2. The Morgan fingerprint density at radius 2 is 1.17 bits per heavy atom. The molecule has 0 aliphatic carbocycles. The van der Waals surface area contributed by atoms with E-state index in [1.807, 2.05) is 0 Å². The number of fused-ring (bicyclic) bond motifs is 2. The molecule has 2 fully saturated rings. The summed E-state index contributed by atoms with van der Waals surface area (Å²) in [5.74, 6) is -4.60. The minimum atomic E-state index is -2.87. The number of aromatic nitrogens is 2. The second-order valence-electron chi connectivity index (χ2n) is 9.20. The Morgan fingerprint density at radius 3 is 1.43 bits per heavy atom. The zero-order valence-electron chi connectivity index (χ0n) is 22.7. The van der Waals surface area contributed by atoms with E-state index in [2.05, 4.69) is 9.97 Å². The molecule has 2 saturated heterocycles. The summed E-state index contributed by atoms with van der Waals surface area (Å²) in [6.45, 7) is -0.183. The summed E-state index contributed by atoms with van der Waals surface area (Å²) >= 11 is 0. The van der Waals surface area contributed by atoms with Crippen molar-refractivity contribution >= 4 is 11.9 Å². The molecule has 2 aliphatic heterocycles. The first-order chi connectivity index (χ1) is 19.1. The summed E-state index contributed by atoms with van der Waals surface area (Å²) in [6.07, 6.45) is 3.13. The molecule has 0 amide bonds. The molecule has 4 rings (SSSR count). The average molecular weight is 639 g/mol. The maximum atomic E-state index is 13.5. The Balaban J connectivity index is 0.000000873. The van der Waals surface area contributed by atoms with Crippen LogP contribution in [0.1, 0.15) is 23.5 Å². The van der Waals surface area contributed by atoms with Crippen LogP contribution in [0.15, 0.2) is 48.8 Å². The molecule has 0 saturated carbocycles. The van der Waals surface area contributed by atoms with Crippen molar-refractivity contribution in [1.82, 2.24) is 19.8 Å². The Hall–Kier alpha value is -4.03. The number of hydrogen-bond donors (Lipinski definition) is 2. The van der Waals surface area contributed by atoms with Gasteiger partial charge >= 0.3 is 28.4 Å². The number of nitrogens with zero attached hydrogens (tertiary/aromatic N) is 6. The predicted molar refractivity (Wildman–Crippen MR) is 136 cm³/mol. The van der Waals surface area contributed by atoms with E-state index in [1.165, 1.54) is 14.2 Å². The number of piperidine rings is 2. The first kappa shape index (κ1) is 36.0. The number of carbonyl (C=O) groups excluding carboxylic acids is 2. The quantitative estimate of drug-likeness (QED) is 0.143. The summed E-state index contributed by atoms with van der Waals surface area (Å²) in [4.78, 5) is 55.9. The van der Waals surface area contributed by atoms with Gasteiger partial charge in [-0.1, -0.05) is 12.1 Å². The van der Waals surface area contributed by atoms with Gasteiger partial charge in [0.2, 0.25) is 5.79 Å². The second-order valence-corrected chi connectivity index (χ2v) is 9.20. The van der Waals surface area contributed by atoms with E-state index >= 15 is 0 Å². The molecule has 2 aromatic rings. The average Bonchev–Trinajstić information content (AvgIpc) is 2.90. The Bertz CT molecular complexity index is 1140. The molecule has 2 aliphatic rings. The number of ether oxygens (including phenoxy) is 2. The SMILES string of the molecule is COC(=O)[C@@]12CN(C)C[C@@](C(=O)OC)([C@@H](c3ccccn3)N(C)[C@H]1c1ccccn1)C2(O)O.O=[N+]([O-])[O-].O=[N+]([O-])[O-].[Ni+2]. The first-order valence-corrected chi connectivity index (χ1v) is 11.6. The van der Waals surface area contributed by atoms with Crippen LogP contribution in [0.4, 0.5) is 0 Å². The van der Waals surface area contributed by atoms with Gasteiger partial charge in [-0.25, -0.2) is 0 Å². The second kappa shape index (κ2) is 14.2. The monoisotopic (exact) mass is 638 g/mol. The van der Waals surface area contributed by atoms with Crippen molar-refractivity contribution in [2.45, 2.75) is 17.9 Å². The fraction of sp³-hybridized carbons (Fsp3) is 0.478. The van der Waals surface area contributed by atoms with Crippen LogP contribution in [-0.2, 0) is 35.6 Å². The van der Waals surface area contributed by atoms with Gasteiger partial charge in [0.05, 0.1) is 47.9 Å². The van der Waals surface area contributed by atoms with Crippen LogP contribution in [0, 0.1) is 41.5 Å². The molecule has 4 heterocycles. The van der Waals surface area contributed by atoms with Crippen LogP contribution >= 0.6 is 0 Å². The molecule has 42 heavy (non-hydrogen) atoms. The number of aliphatic hydroxyl groups is 2. The third-order valence-corrected chi connectivity index (χ3v) is 7.07. The summed E-state index contributed by atoms with van der Waals surface area (Å²) < 4.78 is 10.3. The minimum absolute atomic E-state index is 0. The van der Waals surface area contributed by atoms with E-state index in [4.69, 9.17) is 40.1 Å². The summed E-state index contributed by atoms with van der Waals surface area (Å²) in [5.41, 5.74) is -3.13. The number of pyridine rings is 2. The van der Waals surface area contributed by atoms with Gasteiger partial charge in [0.25, 0.3) is 0 Å². The molecule has 18 nitrogen and oxygen atoms in total. The van der Waals surface area contributed by atoms with Crippen molar-refractivity contribution in [3.8, 4) is 0 Å². The molecule has 4 atom stereocenters. The van der Waals surface area contributed by atoms with Crippen molar-refractivity contribution < 1.29 is 55.9 Å². The van der Waals surface area contributed by atoms with Crippen LogP contribution in [0.25, 0.3) is 0 Å². The van der Waals surface area contributed by atoms with Crippen molar-refractivity contribution in [3.63, 3.8) is 0 Å². The van der Waals surface area contributed by atoms with E-state index < -0.39 is 50.8 Å². The normalized spacial score (nSPS) is 26.0. The number of rotatable bonds is 4. The predicted octanol–water partition coefficient (Wildman–Crippen LogP) is -0.331. The van der Waals surface area contributed by atoms with Gasteiger partial charge in [-0.15, -0.1) is 0 Å². The molecule has 0 aromatic carbocycles. The number of esters is 2. The number of hydrogen-bond acceptors (Lipinski definition) is 16. The van der Waals surface area contributed by atoms with E-state index in [9.17, 15) is 19.8 Å². The van der Waals surface area contributed by atoms with Gasteiger partial charge in [0.1, 0.15) is 0 Å². The zero-order valence-corrected chi connectivity index (χ0v) is 23.7. The molecule has 0 radical (unpaired) electrons. The van der Waals surface area contributed by atoms with E-state index in [1.54, 1.807) is 72.7 Å². The van der Waals surface area contributed by atoms with Crippen LogP contribution in [0.2, 0.25) is 0 Å². The fourth-order valence-corrected chi connectivity index (χ4v) is 5.92. The topological polar surface area (TPSA) is 258 Å². The zero-order chi connectivity index (χ0) is 31.2. The molecule has 2 N–H and O–H groups in total. The fourth-order valence-electron chi connectivity index (χ4n) is 5.92. The summed E-state index contributed by atoms with van der Waals surface area (Å²) in [7, 11) is 5.79. The Morgan fingerprint density at radius 1 is 0.833 bits per heavy atom. The molecule has 2 bridgehead atoms. The van der Waals surface area contributed by atoms with Crippen molar-refractivity contribution in [2.75, 3.05) is 41.4 Å². The molecule has 0 unspecified atom stereocenters. The smallest absolute Gasteiger partial charge is 0.468 e.